The first-order chi connectivity index (χ1) is 7.75. The van der Waals surface area contributed by atoms with E-state index in [9.17, 15) is 8.42 Å². The molecule has 0 aromatic heterocycles. The Hall–Kier alpha value is -0.300. The van der Waals surface area contributed by atoms with Crippen molar-refractivity contribution in [3.05, 3.63) is 21.6 Å². The summed E-state index contributed by atoms with van der Waals surface area (Å²) in [7, 11) is -3.87. The monoisotopic (exact) mass is 341 g/mol. The van der Waals surface area contributed by atoms with Gasteiger partial charge in [-0.1, -0.05) is 34.5 Å². The molecule has 17 heavy (non-hydrogen) atoms. The molecule has 1 atom stereocenters. The van der Waals surface area contributed by atoms with Crippen LogP contribution in [0, 0.1) is 0 Å². The van der Waals surface area contributed by atoms with E-state index in [1.54, 1.807) is 6.07 Å². The molecule has 0 saturated carbocycles. The highest BCUT2D eigenvalue weighted by molar-refractivity contribution is 9.10. The van der Waals surface area contributed by atoms with Crippen LogP contribution in [-0.2, 0) is 10.0 Å². The molecule has 4 nitrogen and oxygen atoms in total. The highest BCUT2D eigenvalue weighted by atomic mass is 79.9. The van der Waals surface area contributed by atoms with Gasteiger partial charge in [0, 0.05) is 4.47 Å². The quantitative estimate of drug-likeness (QED) is 0.914. The lowest BCUT2D eigenvalue weighted by molar-refractivity contribution is 0.212. The Morgan fingerprint density at radius 3 is 2.59 bits per heavy atom. The molecule has 0 aliphatic carbocycles. The first kappa shape index (κ1) is 14.8. The largest absolute Gasteiger partial charge is 0.488 e. The Kier molecular flexibility index (Phi) is 4.83. The zero-order valence-electron chi connectivity index (χ0n) is 9.41. The lowest BCUT2D eigenvalue weighted by Crippen LogP contribution is -2.17. The van der Waals surface area contributed by atoms with Crippen LogP contribution in [0.3, 0.4) is 0 Å². The molecule has 0 radical (unpaired) electrons. The molecule has 0 bridgehead atoms. The maximum atomic E-state index is 11.4. The van der Waals surface area contributed by atoms with E-state index in [0.29, 0.717) is 4.47 Å². The number of ether oxygens (including phenoxy) is 1. The molecule has 7 heteroatoms. The van der Waals surface area contributed by atoms with Crippen molar-refractivity contribution in [3.63, 3.8) is 0 Å². The Bertz CT molecular complexity index is 519. The number of sulfonamides is 1. The predicted molar refractivity (Wildman–Crippen MR) is 70.9 cm³/mol. The number of benzene rings is 1. The van der Waals surface area contributed by atoms with Crippen LogP contribution in [0.5, 0.6) is 5.75 Å². The summed E-state index contributed by atoms with van der Waals surface area (Å²) in [5.41, 5.74) is 0. The summed E-state index contributed by atoms with van der Waals surface area (Å²) in [5.74, 6) is 0.103. The second-order valence-corrected chi connectivity index (χ2v) is 6.45. The molecule has 1 aromatic carbocycles. The van der Waals surface area contributed by atoms with Crippen molar-refractivity contribution in [2.24, 2.45) is 5.14 Å². The molecule has 2 N–H and O–H groups in total. The van der Waals surface area contributed by atoms with Crippen molar-refractivity contribution in [2.75, 3.05) is 0 Å². The lowest BCUT2D eigenvalue weighted by Gasteiger charge is -2.16. The van der Waals surface area contributed by atoms with Gasteiger partial charge in [0.1, 0.15) is 4.90 Å². The van der Waals surface area contributed by atoms with E-state index in [0.717, 1.165) is 6.42 Å². The fraction of sp³-hybridized carbons (Fsp3) is 0.400. The molecular weight excluding hydrogens is 330 g/mol. The van der Waals surface area contributed by atoms with Crippen molar-refractivity contribution in [1.29, 1.82) is 0 Å². The Balaban J connectivity index is 3.36. The molecule has 0 amide bonds. The van der Waals surface area contributed by atoms with Crippen LogP contribution in [0.1, 0.15) is 20.3 Å². The van der Waals surface area contributed by atoms with Gasteiger partial charge in [-0.3, -0.25) is 0 Å². The molecular formula is C10H13BrClNO3S. The molecule has 1 rings (SSSR count). The van der Waals surface area contributed by atoms with Gasteiger partial charge in [0.05, 0.1) is 11.1 Å². The molecule has 0 heterocycles. The second kappa shape index (κ2) is 5.56. The summed E-state index contributed by atoms with van der Waals surface area (Å²) in [6.07, 6.45) is 0.588. The van der Waals surface area contributed by atoms with Crippen molar-refractivity contribution in [1.82, 2.24) is 0 Å². The van der Waals surface area contributed by atoms with Crippen LogP contribution in [0.2, 0.25) is 5.02 Å². The number of hydrogen-bond acceptors (Lipinski definition) is 3. The summed E-state index contributed by atoms with van der Waals surface area (Å²) < 4.78 is 28.9. The molecule has 1 aromatic rings. The number of nitrogens with two attached hydrogens (primary N) is 1. The summed E-state index contributed by atoms with van der Waals surface area (Å²) in [4.78, 5) is -0.114. The lowest BCUT2D eigenvalue weighted by atomic mass is 10.3. The predicted octanol–water partition coefficient (Wildman–Crippen LogP) is 2.93. The van der Waals surface area contributed by atoms with Gasteiger partial charge in [-0.15, -0.1) is 0 Å². The topological polar surface area (TPSA) is 69.4 Å². The third kappa shape index (κ3) is 3.84. The van der Waals surface area contributed by atoms with E-state index in [2.05, 4.69) is 15.9 Å². The number of halogens is 2. The van der Waals surface area contributed by atoms with Gasteiger partial charge in [0.2, 0.25) is 10.0 Å². The van der Waals surface area contributed by atoms with Gasteiger partial charge in [-0.25, -0.2) is 13.6 Å². The Labute approximate surface area is 114 Å². The Morgan fingerprint density at radius 2 is 2.12 bits per heavy atom. The average molecular weight is 343 g/mol. The van der Waals surface area contributed by atoms with Crippen LogP contribution in [-0.4, -0.2) is 14.5 Å². The van der Waals surface area contributed by atoms with E-state index in [1.807, 2.05) is 13.8 Å². The minimum absolute atomic E-state index is 0.103. The van der Waals surface area contributed by atoms with Crippen LogP contribution in [0.15, 0.2) is 21.5 Å². The van der Waals surface area contributed by atoms with Crippen LogP contribution in [0.25, 0.3) is 0 Å². The Morgan fingerprint density at radius 1 is 1.53 bits per heavy atom. The van der Waals surface area contributed by atoms with Crippen LogP contribution >= 0.6 is 27.5 Å². The molecule has 1 unspecified atom stereocenters. The molecule has 0 spiro atoms. The fourth-order valence-corrected chi connectivity index (χ4v) is 2.92. The SMILES string of the molecule is CCC(C)Oc1c(Cl)cc(Br)cc1S(N)(=O)=O. The maximum Gasteiger partial charge on any atom is 0.241 e. The zero-order chi connectivity index (χ0) is 13.2. The number of primary sulfonamides is 1. The third-order valence-electron chi connectivity index (χ3n) is 2.17. The first-order valence-electron chi connectivity index (χ1n) is 4.94. The minimum Gasteiger partial charge on any atom is -0.488 e. The van der Waals surface area contributed by atoms with E-state index in [-0.39, 0.29) is 21.8 Å². The molecule has 0 aliphatic rings. The smallest absolute Gasteiger partial charge is 0.241 e. The second-order valence-electron chi connectivity index (χ2n) is 3.60. The molecule has 0 fully saturated rings. The maximum absolute atomic E-state index is 11.4. The molecule has 0 saturated heterocycles. The summed E-state index contributed by atoms with van der Waals surface area (Å²) in [5, 5.41) is 5.34. The molecule has 0 aliphatic heterocycles. The van der Waals surface area contributed by atoms with E-state index >= 15 is 0 Å². The number of hydrogen-bond donors (Lipinski definition) is 1. The van der Waals surface area contributed by atoms with E-state index in [4.69, 9.17) is 21.5 Å². The van der Waals surface area contributed by atoms with Gasteiger partial charge >= 0.3 is 0 Å². The highest BCUT2D eigenvalue weighted by Gasteiger charge is 2.20. The molecule has 96 valence electrons. The third-order valence-corrected chi connectivity index (χ3v) is 3.83. The van der Waals surface area contributed by atoms with Crippen LogP contribution in [0.4, 0.5) is 0 Å². The number of rotatable bonds is 4. The van der Waals surface area contributed by atoms with Gasteiger partial charge in [-0.05, 0) is 25.5 Å². The summed E-state index contributed by atoms with van der Waals surface area (Å²) >= 11 is 9.13. The minimum atomic E-state index is -3.87. The van der Waals surface area contributed by atoms with Crippen molar-refractivity contribution >= 4 is 37.6 Å². The average Bonchev–Trinajstić information content (AvgIpc) is 2.19. The summed E-state index contributed by atoms with van der Waals surface area (Å²) in [6, 6.07) is 2.94. The standard InChI is InChI=1S/C10H13BrClNO3S/c1-3-6(2)16-10-8(12)4-7(11)5-9(10)17(13,14)15/h4-6H,3H2,1-2H3,(H2,13,14,15). The van der Waals surface area contributed by atoms with Crippen LogP contribution < -0.4 is 9.88 Å². The van der Waals surface area contributed by atoms with E-state index < -0.39 is 10.0 Å². The van der Waals surface area contributed by atoms with Gasteiger partial charge in [0.15, 0.2) is 5.75 Å². The fourth-order valence-electron chi connectivity index (χ4n) is 1.15. The van der Waals surface area contributed by atoms with Crippen molar-refractivity contribution < 1.29 is 13.2 Å². The first-order valence-corrected chi connectivity index (χ1v) is 7.66. The van der Waals surface area contributed by atoms with E-state index in [1.165, 1.54) is 6.07 Å². The van der Waals surface area contributed by atoms with Gasteiger partial charge in [0.25, 0.3) is 0 Å². The normalized spacial score (nSPS) is 13.5. The van der Waals surface area contributed by atoms with Gasteiger partial charge in [-0.2, -0.15) is 0 Å². The summed E-state index contributed by atoms with van der Waals surface area (Å²) in [6.45, 7) is 3.75. The van der Waals surface area contributed by atoms with Crippen molar-refractivity contribution in [2.45, 2.75) is 31.3 Å². The van der Waals surface area contributed by atoms with Crippen molar-refractivity contribution in [3.8, 4) is 5.75 Å². The zero-order valence-corrected chi connectivity index (χ0v) is 12.6. The van der Waals surface area contributed by atoms with Gasteiger partial charge < -0.3 is 4.74 Å². The highest BCUT2D eigenvalue weighted by Crippen LogP contribution is 2.35.